The number of amides is 3. The highest BCUT2D eigenvalue weighted by Crippen LogP contribution is 2.17. The van der Waals surface area contributed by atoms with E-state index in [0.717, 1.165) is 16.5 Å². The van der Waals surface area contributed by atoms with E-state index in [-0.39, 0.29) is 0 Å². The van der Waals surface area contributed by atoms with Crippen LogP contribution in [0.2, 0.25) is 0 Å². The van der Waals surface area contributed by atoms with E-state index in [0.29, 0.717) is 25.1 Å². The summed E-state index contributed by atoms with van der Waals surface area (Å²) >= 11 is 1.53. The molecule has 0 aliphatic rings. The number of para-hydroxylation sites is 1. The standard InChI is InChI=1S/C18H24N4O4S/c1-27-9-7-15(22-18(19)25)17(24)26-11-16(23)20-8-6-12-10-21-14-5-3-2-4-13(12)14/h2-5,10,15,21H,6-9,11H2,1H3,(H,20,23)(H3,19,22,25)/t15-/m1/s1. The lowest BCUT2D eigenvalue weighted by molar-refractivity contribution is -0.150. The van der Waals surface area contributed by atoms with Crippen LogP contribution in [0.3, 0.4) is 0 Å². The van der Waals surface area contributed by atoms with Crippen LogP contribution in [-0.2, 0) is 20.7 Å². The number of thioether (sulfide) groups is 1. The molecule has 1 aromatic carbocycles. The number of H-pyrrole nitrogens is 1. The molecule has 9 heteroatoms. The third kappa shape index (κ3) is 6.52. The molecule has 0 unspecified atom stereocenters. The van der Waals surface area contributed by atoms with Crippen LogP contribution in [0.15, 0.2) is 30.5 Å². The highest BCUT2D eigenvalue weighted by atomic mass is 32.2. The van der Waals surface area contributed by atoms with Crippen LogP contribution in [0.4, 0.5) is 4.79 Å². The van der Waals surface area contributed by atoms with Gasteiger partial charge in [0.25, 0.3) is 5.91 Å². The zero-order valence-corrected chi connectivity index (χ0v) is 15.9. The van der Waals surface area contributed by atoms with Crippen LogP contribution in [0.1, 0.15) is 12.0 Å². The van der Waals surface area contributed by atoms with Gasteiger partial charge in [-0.1, -0.05) is 18.2 Å². The van der Waals surface area contributed by atoms with E-state index in [4.69, 9.17) is 10.5 Å². The van der Waals surface area contributed by atoms with Crippen LogP contribution in [0.25, 0.3) is 10.9 Å². The molecule has 2 rings (SSSR count). The molecule has 146 valence electrons. The van der Waals surface area contributed by atoms with E-state index >= 15 is 0 Å². The average Bonchev–Trinajstić information content (AvgIpc) is 3.06. The molecule has 3 amide bonds. The normalized spacial score (nSPS) is 11.7. The zero-order chi connectivity index (χ0) is 19.6. The summed E-state index contributed by atoms with van der Waals surface area (Å²) in [4.78, 5) is 38.1. The smallest absolute Gasteiger partial charge is 0.329 e. The number of carbonyl (C=O) groups excluding carboxylic acids is 3. The molecule has 1 heterocycles. The second-order valence-corrected chi connectivity index (χ2v) is 6.90. The molecule has 0 radical (unpaired) electrons. The van der Waals surface area contributed by atoms with E-state index in [1.807, 2.05) is 36.7 Å². The largest absolute Gasteiger partial charge is 0.454 e. The first-order valence-corrected chi connectivity index (χ1v) is 9.94. The topological polar surface area (TPSA) is 126 Å². The Morgan fingerprint density at radius 1 is 1.30 bits per heavy atom. The van der Waals surface area contributed by atoms with Gasteiger partial charge in [0.05, 0.1) is 0 Å². The molecule has 0 spiro atoms. The maximum atomic E-state index is 12.0. The molecule has 1 aromatic heterocycles. The van der Waals surface area contributed by atoms with Gasteiger partial charge < -0.3 is 26.1 Å². The summed E-state index contributed by atoms with van der Waals surface area (Å²) in [5.74, 6) is -0.419. The van der Waals surface area contributed by atoms with Gasteiger partial charge in [-0.15, -0.1) is 0 Å². The highest BCUT2D eigenvalue weighted by molar-refractivity contribution is 7.98. The molecule has 27 heavy (non-hydrogen) atoms. The highest BCUT2D eigenvalue weighted by Gasteiger charge is 2.21. The molecule has 0 bridgehead atoms. The number of nitrogens with two attached hydrogens (primary N) is 1. The Balaban J connectivity index is 1.74. The summed E-state index contributed by atoms with van der Waals surface area (Å²) in [5, 5.41) is 6.17. The minimum absolute atomic E-state index is 0.380. The van der Waals surface area contributed by atoms with Gasteiger partial charge in [-0.2, -0.15) is 11.8 Å². The van der Waals surface area contributed by atoms with Crippen molar-refractivity contribution in [2.45, 2.75) is 18.9 Å². The maximum absolute atomic E-state index is 12.0. The monoisotopic (exact) mass is 392 g/mol. The first kappa shape index (κ1) is 20.6. The molecule has 1 atom stereocenters. The molecule has 8 nitrogen and oxygen atoms in total. The Bertz CT molecular complexity index is 793. The summed E-state index contributed by atoms with van der Waals surface area (Å²) in [6.45, 7) is 0.0244. The van der Waals surface area contributed by atoms with E-state index in [1.54, 1.807) is 0 Å². The number of hydrogen-bond acceptors (Lipinski definition) is 5. The lowest BCUT2D eigenvalue weighted by Gasteiger charge is -2.15. The Morgan fingerprint density at radius 2 is 2.07 bits per heavy atom. The fourth-order valence-corrected chi connectivity index (χ4v) is 3.09. The molecule has 5 N–H and O–H groups in total. The van der Waals surface area contributed by atoms with Crippen molar-refractivity contribution < 1.29 is 19.1 Å². The molecule has 2 aromatic rings. The second-order valence-electron chi connectivity index (χ2n) is 5.91. The number of urea groups is 1. The summed E-state index contributed by atoms with van der Waals surface area (Å²) in [6, 6.07) is 6.27. The van der Waals surface area contributed by atoms with Gasteiger partial charge in [0.15, 0.2) is 6.61 Å². The van der Waals surface area contributed by atoms with Crippen LogP contribution >= 0.6 is 11.8 Å². The quantitative estimate of drug-likeness (QED) is 0.451. The van der Waals surface area contributed by atoms with Crippen LogP contribution in [0.5, 0.6) is 0 Å². The minimum Gasteiger partial charge on any atom is -0.454 e. The van der Waals surface area contributed by atoms with Gasteiger partial charge in [-0.3, -0.25) is 4.79 Å². The number of esters is 1. The summed E-state index contributed by atoms with van der Waals surface area (Å²) in [5.41, 5.74) is 7.21. The molecule has 0 saturated heterocycles. The number of nitrogens with one attached hydrogen (secondary N) is 3. The Labute approximate surface area is 161 Å². The third-order valence-electron chi connectivity index (χ3n) is 3.95. The van der Waals surface area contributed by atoms with Crippen molar-refractivity contribution >= 4 is 40.6 Å². The molecule has 0 saturated carbocycles. The molecule has 0 fully saturated rings. The second kappa shape index (κ2) is 10.5. The van der Waals surface area contributed by atoms with Crippen LogP contribution in [0, 0.1) is 0 Å². The molecule has 0 aliphatic heterocycles. The predicted octanol–water partition coefficient (Wildman–Crippen LogP) is 1.16. The molecule has 0 aliphatic carbocycles. The van der Waals surface area contributed by atoms with E-state index < -0.39 is 30.6 Å². The van der Waals surface area contributed by atoms with Crippen molar-refractivity contribution in [3.05, 3.63) is 36.0 Å². The number of benzene rings is 1. The van der Waals surface area contributed by atoms with E-state index in [9.17, 15) is 14.4 Å². The number of ether oxygens (including phenoxy) is 1. The van der Waals surface area contributed by atoms with Crippen LogP contribution in [-0.4, -0.2) is 54.1 Å². The van der Waals surface area contributed by atoms with Gasteiger partial charge in [0, 0.05) is 23.6 Å². The number of rotatable bonds is 10. The number of aromatic amines is 1. The number of aromatic nitrogens is 1. The van der Waals surface area contributed by atoms with Gasteiger partial charge >= 0.3 is 12.0 Å². The SMILES string of the molecule is CSCC[C@@H](NC(N)=O)C(=O)OCC(=O)NCCc1c[nH]c2ccccc12. The maximum Gasteiger partial charge on any atom is 0.329 e. The number of fused-ring (bicyclic) bond motifs is 1. The first-order valence-electron chi connectivity index (χ1n) is 8.54. The van der Waals surface area contributed by atoms with Crippen molar-refractivity contribution in [3.8, 4) is 0 Å². The Morgan fingerprint density at radius 3 is 2.81 bits per heavy atom. The number of carbonyl (C=O) groups is 3. The fourth-order valence-electron chi connectivity index (χ4n) is 2.62. The zero-order valence-electron chi connectivity index (χ0n) is 15.1. The Kier molecular flexibility index (Phi) is 8.00. The van der Waals surface area contributed by atoms with E-state index in [1.165, 1.54) is 11.8 Å². The van der Waals surface area contributed by atoms with Crippen molar-refractivity contribution in [1.82, 2.24) is 15.6 Å². The summed E-state index contributed by atoms with van der Waals surface area (Å²) in [6.07, 6.45) is 4.84. The van der Waals surface area contributed by atoms with Gasteiger partial charge in [0.2, 0.25) is 0 Å². The average molecular weight is 392 g/mol. The lowest BCUT2D eigenvalue weighted by atomic mass is 10.1. The van der Waals surface area contributed by atoms with Crippen molar-refractivity contribution in [2.75, 3.05) is 25.2 Å². The Hall–Kier alpha value is -2.68. The van der Waals surface area contributed by atoms with Crippen molar-refractivity contribution in [1.29, 1.82) is 0 Å². The lowest BCUT2D eigenvalue weighted by Crippen LogP contribution is -2.45. The summed E-state index contributed by atoms with van der Waals surface area (Å²) < 4.78 is 4.99. The van der Waals surface area contributed by atoms with Gasteiger partial charge in [-0.05, 0) is 36.5 Å². The molecular weight excluding hydrogens is 368 g/mol. The van der Waals surface area contributed by atoms with Gasteiger partial charge in [-0.25, -0.2) is 9.59 Å². The number of primary amides is 1. The van der Waals surface area contributed by atoms with Crippen LogP contribution < -0.4 is 16.4 Å². The minimum atomic E-state index is -0.853. The number of hydrogen-bond donors (Lipinski definition) is 4. The van der Waals surface area contributed by atoms with Crippen molar-refractivity contribution in [2.24, 2.45) is 5.73 Å². The summed E-state index contributed by atoms with van der Waals surface area (Å²) in [7, 11) is 0. The van der Waals surface area contributed by atoms with E-state index in [2.05, 4.69) is 15.6 Å². The first-order chi connectivity index (χ1) is 13.0. The third-order valence-corrected chi connectivity index (χ3v) is 4.59. The molecular formula is C18H24N4O4S. The predicted molar refractivity (Wildman–Crippen MR) is 105 cm³/mol. The fraction of sp³-hybridized carbons (Fsp3) is 0.389. The van der Waals surface area contributed by atoms with Crippen molar-refractivity contribution in [3.63, 3.8) is 0 Å². The van der Waals surface area contributed by atoms with Gasteiger partial charge in [0.1, 0.15) is 6.04 Å².